The minimum Gasteiger partial charge on any atom is -0.487 e. The molecule has 3 rings (SSSR count). The van der Waals surface area contributed by atoms with Crippen molar-refractivity contribution in [3.63, 3.8) is 0 Å². The van der Waals surface area contributed by atoms with Gasteiger partial charge in [0.15, 0.2) is 0 Å². The van der Waals surface area contributed by atoms with E-state index >= 15 is 0 Å². The van der Waals surface area contributed by atoms with Gasteiger partial charge in [-0.2, -0.15) is 0 Å². The Hall–Kier alpha value is -2.54. The van der Waals surface area contributed by atoms with Gasteiger partial charge in [0, 0.05) is 6.92 Å². The molecule has 0 amide bonds. The molecule has 3 aromatic carbocycles. The summed E-state index contributed by atoms with van der Waals surface area (Å²) in [4.78, 5) is 11.0. The maximum atomic E-state index is 12.9. The fraction of sp³-hybridized carbons (Fsp3) is 0.0952. The summed E-state index contributed by atoms with van der Waals surface area (Å²) in [6.45, 7) is 1.53. The van der Waals surface area contributed by atoms with Gasteiger partial charge in [-0.25, -0.2) is 8.42 Å². The summed E-state index contributed by atoms with van der Waals surface area (Å²) in [7, 11) is -3.88. The molecule has 0 aromatic heterocycles. The van der Waals surface area contributed by atoms with Gasteiger partial charge in [-0.1, -0.05) is 53.5 Å². The third-order valence-electron chi connectivity index (χ3n) is 3.92. The molecule has 0 heterocycles. The molecule has 0 saturated carbocycles. The summed E-state index contributed by atoms with van der Waals surface area (Å²) in [5, 5.41) is 0.180. The van der Waals surface area contributed by atoms with E-state index in [2.05, 4.69) is 0 Å². The van der Waals surface area contributed by atoms with Crippen LogP contribution < -0.4 is 9.47 Å². The molecule has 0 saturated heterocycles. The Morgan fingerprint density at radius 3 is 1.93 bits per heavy atom. The third-order valence-corrected chi connectivity index (χ3v) is 6.26. The second-order valence-corrected chi connectivity index (χ2v) is 8.82. The largest absolute Gasteiger partial charge is 0.487 e. The van der Waals surface area contributed by atoms with Crippen molar-refractivity contribution in [1.29, 1.82) is 0 Å². The van der Waals surface area contributed by atoms with Gasteiger partial charge in [-0.3, -0.25) is 4.79 Å². The van der Waals surface area contributed by atoms with E-state index in [4.69, 9.17) is 32.7 Å². The van der Waals surface area contributed by atoms with E-state index in [0.29, 0.717) is 12.4 Å². The molecule has 0 radical (unpaired) electrons. The summed E-state index contributed by atoms with van der Waals surface area (Å²) in [6, 6.07) is 17.6. The number of carbonyl (C=O) groups is 1. The second-order valence-electron chi connectivity index (χ2n) is 6.06. The first-order chi connectivity index (χ1) is 13.8. The lowest BCUT2D eigenvalue weighted by Gasteiger charge is -2.11. The van der Waals surface area contributed by atoms with Crippen LogP contribution in [0.4, 0.5) is 0 Å². The molecule has 0 fully saturated rings. The number of hydrogen-bond donors (Lipinski definition) is 0. The molecular formula is C21H16Cl2O5S. The number of rotatable bonds is 6. The van der Waals surface area contributed by atoms with Crippen LogP contribution in [0.15, 0.2) is 76.5 Å². The Labute approximate surface area is 178 Å². The number of esters is 1. The Morgan fingerprint density at radius 1 is 0.862 bits per heavy atom. The van der Waals surface area contributed by atoms with E-state index in [1.165, 1.54) is 43.3 Å². The van der Waals surface area contributed by atoms with Crippen LogP contribution in [-0.2, 0) is 21.2 Å². The molecule has 0 atom stereocenters. The monoisotopic (exact) mass is 450 g/mol. The average Bonchev–Trinajstić information content (AvgIpc) is 2.69. The highest BCUT2D eigenvalue weighted by atomic mass is 35.5. The fourth-order valence-corrected chi connectivity index (χ4v) is 4.42. The standard InChI is InChI=1S/C21H16Cl2O5S/c1-14(24)28-21-10-8-17(12-19(21)23)29(25,26)16-7-9-20(18(22)11-16)27-13-15-5-3-2-4-6-15/h2-12H,13H2,1H3. The fourth-order valence-electron chi connectivity index (χ4n) is 2.52. The topological polar surface area (TPSA) is 69.7 Å². The first-order valence-corrected chi connectivity index (χ1v) is 10.7. The van der Waals surface area contributed by atoms with Crippen LogP contribution >= 0.6 is 23.2 Å². The Morgan fingerprint density at radius 2 is 1.41 bits per heavy atom. The van der Waals surface area contributed by atoms with Crippen molar-refractivity contribution in [2.24, 2.45) is 0 Å². The van der Waals surface area contributed by atoms with Gasteiger partial charge < -0.3 is 9.47 Å². The molecular weight excluding hydrogens is 435 g/mol. The van der Waals surface area contributed by atoms with Gasteiger partial charge in [0.1, 0.15) is 18.1 Å². The summed E-state index contributed by atoms with van der Waals surface area (Å²) >= 11 is 12.3. The predicted octanol–water partition coefficient (Wildman–Crippen LogP) is 5.33. The van der Waals surface area contributed by atoms with E-state index in [9.17, 15) is 13.2 Å². The zero-order valence-corrected chi connectivity index (χ0v) is 17.6. The van der Waals surface area contributed by atoms with Crippen molar-refractivity contribution in [1.82, 2.24) is 0 Å². The smallest absolute Gasteiger partial charge is 0.308 e. The molecule has 0 spiro atoms. The number of sulfone groups is 1. The van der Waals surface area contributed by atoms with Crippen molar-refractivity contribution in [2.45, 2.75) is 23.3 Å². The number of ether oxygens (including phenoxy) is 2. The van der Waals surface area contributed by atoms with Crippen molar-refractivity contribution < 1.29 is 22.7 Å². The maximum Gasteiger partial charge on any atom is 0.308 e. The Balaban J connectivity index is 1.83. The molecule has 29 heavy (non-hydrogen) atoms. The summed E-state index contributed by atoms with van der Waals surface area (Å²) in [5.41, 5.74) is 0.961. The highest BCUT2D eigenvalue weighted by molar-refractivity contribution is 7.91. The van der Waals surface area contributed by atoms with Crippen molar-refractivity contribution in [3.8, 4) is 11.5 Å². The molecule has 0 bridgehead atoms. The lowest BCUT2D eigenvalue weighted by atomic mass is 10.2. The molecule has 150 valence electrons. The molecule has 0 aliphatic rings. The normalized spacial score (nSPS) is 11.1. The number of halogens is 2. The molecule has 5 nitrogen and oxygen atoms in total. The second kappa shape index (κ2) is 8.86. The van der Waals surface area contributed by atoms with Crippen molar-refractivity contribution in [3.05, 3.63) is 82.3 Å². The predicted molar refractivity (Wildman–Crippen MR) is 110 cm³/mol. The van der Waals surface area contributed by atoms with Gasteiger partial charge in [-0.05, 0) is 42.0 Å². The average molecular weight is 451 g/mol. The summed E-state index contributed by atoms with van der Waals surface area (Å²) in [6.07, 6.45) is 0. The lowest BCUT2D eigenvalue weighted by molar-refractivity contribution is -0.131. The van der Waals surface area contributed by atoms with Crippen LogP contribution in [0.2, 0.25) is 10.0 Å². The quantitative estimate of drug-likeness (QED) is 0.374. The minimum absolute atomic E-state index is 0.00846. The number of carbonyl (C=O) groups excluding carboxylic acids is 1. The first kappa shape index (κ1) is 21.2. The molecule has 3 aromatic rings. The van der Waals surface area contributed by atoms with E-state index in [1.54, 1.807) is 0 Å². The SMILES string of the molecule is CC(=O)Oc1ccc(S(=O)(=O)c2ccc(OCc3ccccc3)c(Cl)c2)cc1Cl. The van der Waals surface area contributed by atoms with Gasteiger partial charge in [0.25, 0.3) is 0 Å². The number of benzene rings is 3. The van der Waals surface area contributed by atoms with Crippen molar-refractivity contribution in [2.75, 3.05) is 0 Å². The van der Waals surface area contributed by atoms with Crippen LogP contribution in [0.5, 0.6) is 11.5 Å². The Bertz CT molecular complexity index is 1140. The van der Waals surface area contributed by atoms with Crippen LogP contribution in [-0.4, -0.2) is 14.4 Å². The number of hydrogen-bond acceptors (Lipinski definition) is 5. The van der Waals surface area contributed by atoms with Crippen molar-refractivity contribution >= 4 is 39.0 Å². The van der Waals surface area contributed by atoms with E-state index in [0.717, 1.165) is 5.56 Å². The van der Waals surface area contributed by atoms with E-state index in [-0.39, 0.29) is 25.6 Å². The van der Waals surface area contributed by atoms with Crippen LogP contribution in [0.3, 0.4) is 0 Å². The van der Waals surface area contributed by atoms with E-state index in [1.807, 2.05) is 30.3 Å². The zero-order valence-electron chi connectivity index (χ0n) is 15.3. The lowest BCUT2D eigenvalue weighted by Crippen LogP contribution is -2.05. The summed E-state index contributed by atoms with van der Waals surface area (Å²) in [5.74, 6) is -0.0982. The van der Waals surface area contributed by atoms with Gasteiger partial charge in [-0.15, -0.1) is 0 Å². The third kappa shape index (κ3) is 5.09. The van der Waals surface area contributed by atoms with Gasteiger partial charge >= 0.3 is 5.97 Å². The zero-order chi connectivity index (χ0) is 21.0. The summed E-state index contributed by atoms with van der Waals surface area (Å²) < 4.78 is 36.4. The molecule has 0 aliphatic heterocycles. The molecule has 0 unspecified atom stereocenters. The highest BCUT2D eigenvalue weighted by Crippen LogP contribution is 2.33. The Kier molecular flexibility index (Phi) is 6.47. The minimum atomic E-state index is -3.88. The van der Waals surface area contributed by atoms with Crippen LogP contribution in [0, 0.1) is 0 Å². The van der Waals surface area contributed by atoms with Crippen LogP contribution in [0.25, 0.3) is 0 Å². The first-order valence-electron chi connectivity index (χ1n) is 8.47. The van der Waals surface area contributed by atoms with Gasteiger partial charge in [0.2, 0.25) is 9.84 Å². The van der Waals surface area contributed by atoms with Gasteiger partial charge in [0.05, 0.1) is 19.8 Å². The maximum absolute atomic E-state index is 12.9. The molecule has 0 aliphatic carbocycles. The molecule has 8 heteroatoms. The highest BCUT2D eigenvalue weighted by Gasteiger charge is 2.21. The molecule has 0 N–H and O–H groups in total. The van der Waals surface area contributed by atoms with E-state index < -0.39 is 15.8 Å². The van der Waals surface area contributed by atoms with Crippen LogP contribution in [0.1, 0.15) is 12.5 Å².